The van der Waals surface area contributed by atoms with Gasteiger partial charge in [-0.2, -0.15) is 0 Å². The Labute approximate surface area is 172 Å². The molecule has 2 atom stereocenters. The Balaban J connectivity index is 3.34. The number of aliphatic carboxylic acids is 1. The quantitative estimate of drug-likeness (QED) is 0.194. The van der Waals surface area contributed by atoms with Crippen molar-refractivity contribution in [1.82, 2.24) is 0 Å². The number of carboxylic acids is 1. The van der Waals surface area contributed by atoms with Crippen LogP contribution in [0.15, 0.2) is 0 Å². The molecule has 28 heavy (non-hydrogen) atoms. The lowest BCUT2D eigenvalue weighted by Gasteiger charge is -2.15. The third kappa shape index (κ3) is 18.3. The Morgan fingerprint density at radius 3 is 1.57 bits per heavy atom. The first-order valence-electron chi connectivity index (χ1n) is 11.6. The molecule has 0 rings (SSSR count). The molecule has 0 bridgehead atoms. The van der Waals surface area contributed by atoms with E-state index in [0.29, 0.717) is 0 Å². The van der Waals surface area contributed by atoms with Crippen molar-refractivity contribution < 1.29 is 19.4 Å². The number of rotatable bonds is 20. The Bertz CT molecular complexity index is 387. The highest BCUT2D eigenvalue weighted by molar-refractivity contribution is 5.81. The van der Waals surface area contributed by atoms with Gasteiger partial charge in [-0.3, -0.25) is 9.59 Å². The van der Waals surface area contributed by atoms with E-state index in [1.165, 1.54) is 83.5 Å². The summed E-state index contributed by atoms with van der Waals surface area (Å²) in [5.41, 5.74) is 5.50. The van der Waals surface area contributed by atoms with Gasteiger partial charge >= 0.3 is 11.9 Å². The maximum Gasteiger partial charge on any atom is 0.323 e. The van der Waals surface area contributed by atoms with Gasteiger partial charge in [0.05, 0.1) is 12.5 Å². The molecule has 0 aliphatic carbocycles. The first kappa shape index (κ1) is 26.9. The lowest BCUT2D eigenvalue weighted by Crippen LogP contribution is -2.36. The number of unbranched alkanes of at least 4 members (excludes halogenated alkanes) is 14. The van der Waals surface area contributed by atoms with E-state index < -0.39 is 18.0 Å². The first-order chi connectivity index (χ1) is 13.5. The molecule has 5 nitrogen and oxygen atoms in total. The summed E-state index contributed by atoms with van der Waals surface area (Å²) in [6, 6.07) is -1.07. The molecule has 0 aliphatic heterocycles. The summed E-state index contributed by atoms with van der Waals surface area (Å²) < 4.78 is 5.20. The fourth-order valence-corrected chi connectivity index (χ4v) is 3.42. The molecule has 0 aliphatic rings. The molecule has 0 aromatic carbocycles. The minimum Gasteiger partial charge on any atom is -0.481 e. The van der Waals surface area contributed by atoms with Crippen molar-refractivity contribution in [1.29, 1.82) is 0 Å². The lowest BCUT2D eigenvalue weighted by molar-refractivity contribution is -0.153. The number of ether oxygens (including phenoxy) is 1. The van der Waals surface area contributed by atoms with Gasteiger partial charge in [-0.15, -0.1) is 0 Å². The summed E-state index contributed by atoms with van der Waals surface area (Å²) in [5, 5.41) is 8.63. The highest BCUT2D eigenvalue weighted by atomic mass is 16.5. The van der Waals surface area contributed by atoms with Crippen LogP contribution in [0.1, 0.15) is 123 Å². The van der Waals surface area contributed by atoms with Crippen molar-refractivity contribution >= 4 is 11.9 Å². The molecule has 166 valence electrons. The molecule has 0 heterocycles. The molecule has 1 unspecified atom stereocenters. The molecule has 0 amide bonds. The SMILES string of the molecule is CCCCCCCCCCCCCCCCCC(C)OC(=O)[C@@H](N)CC(=O)O. The highest BCUT2D eigenvalue weighted by Gasteiger charge is 2.20. The molecule has 3 N–H and O–H groups in total. The van der Waals surface area contributed by atoms with Crippen LogP contribution in [0.25, 0.3) is 0 Å². The maximum absolute atomic E-state index is 11.6. The van der Waals surface area contributed by atoms with Crippen LogP contribution in [0.4, 0.5) is 0 Å². The number of nitrogens with two attached hydrogens (primary N) is 1. The standard InChI is InChI=1S/C23H45NO4/c1-3-4-5-6-7-8-9-10-11-12-13-14-15-16-17-18-20(2)28-23(27)21(24)19-22(25)26/h20-21H,3-19,24H2,1-2H3,(H,25,26)/t20?,21-/m0/s1. The fraction of sp³-hybridized carbons (Fsp3) is 0.913. The van der Waals surface area contributed by atoms with Gasteiger partial charge in [0.15, 0.2) is 0 Å². The molecule has 0 fully saturated rings. The molecule has 0 aromatic heterocycles. The summed E-state index contributed by atoms with van der Waals surface area (Å²) in [7, 11) is 0. The zero-order chi connectivity index (χ0) is 21.0. The van der Waals surface area contributed by atoms with Crippen molar-refractivity contribution in [2.24, 2.45) is 5.73 Å². The molecule has 0 saturated carbocycles. The van der Waals surface area contributed by atoms with Crippen LogP contribution in [-0.2, 0) is 14.3 Å². The number of esters is 1. The molecule has 0 aromatic rings. The molecule has 0 spiro atoms. The maximum atomic E-state index is 11.6. The lowest BCUT2D eigenvalue weighted by atomic mass is 10.0. The minimum atomic E-state index is -1.08. The number of carboxylic acid groups (broad SMARTS) is 1. The zero-order valence-corrected chi connectivity index (χ0v) is 18.4. The monoisotopic (exact) mass is 399 g/mol. The van der Waals surface area contributed by atoms with Crippen LogP contribution in [0, 0.1) is 0 Å². The fourth-order valence-electron chi connectivity index (χ4n) is 3.42. The normalized spacial score (nSPS) is 13.2. The van der Waals surface area contributed by atoms with Crippen LogP contribution in [0.2, 0.25) is 0 Å². The van der Waals surface area contributed by atoms with E-state index >= 15 is 0 Å². The van der Waals surface area contributed by atoms with Gasteiger partial charge in [0.1, 0.15) is 6.04 Å². The molecule has 0 saturated heterocycles. The first-order valence-corrected chi connectivity index (χ1v) is 11.6. The predicted molar refractivity (Wildman–Crippen MR) is 115 cm³/mol. The third-order valence-corrected chi connectivity index (χ3v) is 5.23. The van der Waals surface area contributed by atoms with Gasteiger partial charge < -0.3 is 15.6 Å². The summed E-state index contributed by atoms with van der Waals surface area (Å²) in [4.78, 5) is 22.2. The van der Waals surface area contributed by atoms with Crippen LogP contribution in [0.3, 0.4) is 0 Å². The molecular weight excluding hydrogens is 354 g/mol. The largest absolute Gasteiger partial charge is 0.481 e. The Kier molecular flexibility index (Phi) is 18.5. The van der Waals surface area contributed by atoms with Crippen LogP contribution < -0.4 is 5.73 Å². The van der Waals surface area contributed by atoms with E-state index in [-0.39, 0.29) is 12.5 Å². The van der Waals surface area contributed by atoms with Gasteiger partial charge in [0.25, 0.3) is 0 Å². The van der Waals surface area contributed by atoms with E-state index in [4.69, 9.17) is 15.6 Å². The van der Waals surface area contributed by atoms with Crippen LogP contribution in [0.5, 0.6) is 0 Å². The molecule has 0 radical (unpaired) electrons. The Morgan fingerprint density at radius 1 is 0.786 bits per heavy atom. The highest BCUT2D eigenvalue weighted by Crippen LogP contribution is 2.14. The predicted octanol–water partition coefficient (Wildman–Crippen LogP) is 5.98. The summed E-state index contributed by atoms with van der Waals surface area (Å²) in [6.45, 7) is 4.11. The van der Waals surface area contributed by atoms with Crippen LogP contribution >= 0.6 is 0 Å². The van der Waals surface area contributed by atoms with Gasteiger partial charge in [-0.1, -0.05) is 96.8 Å². The number of carbonyl (C=O) groups excluding carboxylic acids is 1. The Morgan fingerprint density at radius 2 is 1.18 bits per heavy atom. The van der Waals surface area contributed by atoms with Crippen molar-refractivity contribution in [3.63, 3.8) is 0 Å². The summed E-state index contributed by atoms with van der Waals surface area (Å²) in [5.74, 6) is -1.70. The van der Waals surface area contributed by atoms with Crippen molar-refractivity contribution in [2.75, 3.05) is 0 Å². The minimum absolute atomic E-state index is 0.200. The van der Waals surface area contributed by atoms with Gasteiger partial charge in [0.2, 0.25) is 0 Å². The smallest absolute Gasteiger partial charge is 0.323 e. The van der Waals surface area contributed by atoms with Crippen molar-refractivity contribution in [2.45, 2.75) is 135 Å². The Hall–Kier alpha value is -1.10. The molecule has 5 heteroatoms. The average Bonchev–Trinajstić information content (AvgIpc) is 2.64. The summed E-state index contributed by atoms with van der Waals surface area (Å²) in [6.07, 6.45) is 20.1. The van der Waals surface area contributed by atoms with E-state index in [2.05, 4.69) is 6.92 Å². The second-order valence-electron chi connectivity index (χ2n) is 8.19. The van der Waals surface area contributed by atoms with E-state index in [1.807, 2.05) is 6.92 Å². The van der Waals surface area contributed by atoms with Crippen molar-refractivity contribution in [3.05, 3.63) is 0 Å². The number of carbonyl (C=O) groups is 2. The van der Waals surface area contributed by atoms with E-state index in [0.717, 1.165) is 19.3 Å². The zero-order valence-electron chi connectivity index (χ0n) is 18.4. The molecular formula is C23H45NO4. The van der Waals surface area contributed by atoms with Gasteiger partial charge in [-0.05, 0) is 19.8 Å². The number of hydrogen-bond acceptors (Lipinski definition) is 4. The van der Waals surface area contributed by atoms with Gasteiger partial charge in [0, 0.05) is 0 Å². The van der Waals surface area contributed by atoms with Crippen LogP contribution in [-0.4, -0.2) is 29.2 Å². The van der Waals surface area contributed by atoms with E-state index in [1.54, 1.807) is 0 Å². The average molecular weight is 400 g/mol. The second kappa shape index (κ2) is 19.2. The van der Waals surface area contributed by atoms with Crippen molar-refractivity contribution in [3.8, 4) is 0 Å². The topological polar surface area (TPSA) is 89.6 Å². The summed E-state index contributed by atoms with van der Waals surface area (Å²) >= 11 is 0. The third-order valence-electron chi connectivity index (χ3n) is 5.23. The van der Waals surface area contributed by atoms with Gasteiger partial charge in [-0.25, -0.2) is 0 Å². The second-order valence-corrected chi connectivity index (χ2v) is 8.19. The van der Waals surface area contributed by atoms with E-state index in [9.17, 15) is 9.59 Å². The number of hydrogen-bond donors (Lipinski definition) is 2.